The quantitative estimate of drug-likeness (QED) is 0.379. The van der Waals surface area contributed by atoms with Gasteiger partial charge in [0.05, 0.1) is 4.92 Å². The second-order valence-electron chi connectivity index (χ2n) is 2.07. The first kappa shape index (κ1) is 7.73. The zero-order valence-corrected chi connectivity index (χ0v) is 5.90. The van der Waals surface area contributed by atoms with Gasteiger partial charge in [-0.2, -0.15) is 0 Å². The minimum atomic E-state index is -1.05. The lowest BCUT2D eigenvalue weighted by molar-refractivity contribution is -0.555. The number of ether oxygens (including phenoxy) is 1. The van der Waals surface area contributed by atoms with Crippen LogP contribution in [0.2, 0.25) is 0 Å². The van der Waals surface area contributed by atoms with Crippen molar-refractivity contribution in [1.82, 2.24) is 10.2 Å². The van der Waals surface area contributed by atoms with Gasteiger partial charge >= 0.3 is 6.29 Å². The Balaban J connectivity index is 2.65. The van der Waals surface area contributed by atoms with Gasteiger partial charge in [0.15, 0.2) is 0 Å². The van der Waals surface area contributed by atoms with Crippen molar-refractivity contribution >= 4 is 6.02 Å². The Kier molecular flexibility index (Phi) is 1.90. The van der Waals surface area contributed by atoms with Gasteiger partial charge < -0.3 is 4.74 Å². The summed E-state index contributed by atoms with van der Waals surface area (Å²) in [6.07, 6.45) is -1.05. The van der Waals surface area contributed by atoms with Crippen LogP contribution in [0.1, 0.15) is 0 Å². The largest absolute Gasteiger partial charge is 0.449 e. The highest BCUT2D eigenvalue weighted by molar-refractivity contribution is 5.70. The topological polar surface area (TPSA) is 91.5 Å². The number of nitrogens with zero attached hydrogens (tertiary/aromatic N) is 2. The maximum Gasteiger partial charge on any atom is 0.351 e. The molecule has 0 radical (unpaired) electrons. The Morgan fingerprint density at radius 1 is 2.00 bits per heavy atom. The van der Waals surface area contributed by atoms with E-state index in [0.717, 1.165) is 4.90 Å². The van der Waals surface area contributed by atoms with Crippen molar-refractivity contribution < 1.29 is 9.66 Å². The molecule has 62 valence electrons. The molecule has 7 heteroatoms. The molecule has 0 aliphatic carbocycles. The van der Waals surface area contributed by atoms with Crippen molar-refractivity contribution in [2.24, 2.45) is 0 Å². The Morgan fingerprint density at radius 2 is 2.64 bits per heavy atom. The first-order chi connectivity index (χ1) is 5.13. The van der Waals surface area contributed by atoms with Gasteiger partial charge in [-0.1, -0.05) is 0 Å². The normalized spacial score (nSPS) is 24.6. The molecule has 1 fully saturated rings. The van der Waals surface area contributed by atoms with E-state index >= 15 is 0 Å². The number of nitro groups is 1. The van der Waals surface area contributed by atoms with Crippen LogP contribution in [0, 0.1) is 15.5 Å². The molecule has 11 heavy (non-hydrogen) atoms. The number of hydrogen-bond donors (Lipinski definition) is 2. The van der Waals surface area contributed by atoms with Gasteiger partial charge in [0, 0.05) is 7.05 Å². The van der Waals surface area contributed by atoms with Gasteiger partial charge in [0.2, 0.25) is 0 Å². The van der Waals surface area contributed by atoms with Gasteiger partial charge in [-0.3, -0.25) is 20.4 Å². The average molecular weight is 160 g/mol. The van der Waals surface area contributed by atoms with Crippen LogP contribution in [0.15, 0.2) is 0 Å². The molecule has 0 saturated carbocycles. The molecule has 1 rings (SSSR count). The van der Waals surface area contributed by atoms with E-state index in [9.17, 15) is 10.1 Å². The highest BCUT2D eigenvalue weighted by Gasteiger charge is 2.31. The van der Waals surface area contributed by atoms with E-state index in [1.165, 1.54) is 7.05 Å². The molecule has 0 bridgehead atoms. The SMILES string of the molecule is CN1C(=N)OCNC1[N+](=O)[O-]. The number of rotatable bonds is 1. The second kappa shape index (κ2) is 2.70. The predicted molar refractivity (Wildman–Crippen MR) is 35.4 cm³/mol. The molecule has 1 aliphatic heterocycles. The van der Waals surface area contributed by atoms with Crippen molar-refractivity contribution in [3.8, 4) is 0 Å². The van der Waals surface area contributed by atoms with E-state index in [4.69, 9.17) is 5.41 Å². The molecule has 1 unspecified atom stereocenters. The standard InChI is InChI=1S/C4H8N4O3/c1-7-3(5)11-2-6-4(7)8(9)10/h4-6H,2H2,1H3. The summed E-state index contributed by atoms with van der Waals surface area (Å²) in [4.78, 5) is 10.8. The van der Waals surface area contributed by atoms with Crippen LogP contribution in [0.3, 0.4) is 0 Å². The van der Waals surface area contributed by atoms with E-state index in [-0.39, 0.29) is 12.8 Å². The molecule has 2 N–H and O–H groups in total. The monoisotopic (exact) mass is 160 g/mol. The minimum Gasteiger partial charge on any atom is -0.449 e. The summed E-state index contributed by atoms with van der Waals surface area (Å²) in [6, 6.07) is -0.189. The van der Waals surface area contributed by atoms with E-state index in [1.807, 2.05) is 0 Å². The molecular formula is C4H8N4O3. The lowest BCUT2D eigenvalue weighted by Crippen LogP contribution is -2.57. The fourth-order valence-corrected chi connectivity index (χ4v) is 0.750. The first-order valence-electron chi connectivity index (χ1n) is 2.94. The highest BCUT2D eigenvalue weighted by Crippen LogP contribution is 2.00. The summed E-state index contributed by atoms with van der Waals surface area (Å²) in [7, 11) is 1.42. The van der Waals surface area contributed by atoms with Crippen molar-refractivity contribution in [3.05, 3.63) is 10.1 Å². The number of hydrogen-bond acceptors (Lipinski definition) is 5. The molecule has 0 aromatic heterocycles. The summed E-state index contributed by atoms with van der Waals surface area (Å²) in [5.74, 6) is 0. The van der Waals surface area contributed by atoms with Crippen LogP contribution >= 0.6 is 0 Å². The molecule has 1 aliphatic rings. The van der Waals surface area contributed by atoms with E-state index < -0.39 is 11.2 Å². The van der Waals surface area contributed by atoms with Gasteiger partial charge in [-0.05, 0) is 0 Å². The van der Waals surface area contributed by atoms with Crippen LogP contribution in [-0.4, -0.2) is 35.9 Å². The summed E-state index contributed by atoms with van der Waals surface area (Å²) in [5, 5.41) is 19.8. The third kappa shape index (κ3) is 1.37. The molecule has 1 atom stereocenters. The molecular weight excluding hydrogens is 152 g/mol. The highest BCUT2D eigenvalue weighted by atomic mass is 16.6. The van der Waals surface area contributed by atoms with Crippen LogP contribution in [0.25, 0.3) is 0 Å². The van der Waals surface area contributed by atoms with Gasteiger partial charge in [0.1, 0.15) is 6.73 Å². The average Bonchev–Trinajstić information content (AvgIpc) is 1.94. The smallest absolute Gasteiger partial charge is 0.351 e. The second-order valence-corrected chi connectivity index (χ2v) is 2.07. The van der Waals surface area contributed by atoms with Crippen molar-refractivity contribution in [2.45, 2.75) is 6.29 Å². The van der Waals surface area contributed by atoms with Crippen molar-refractivity contribution in [1.29, 1.82) is 5.41 Å². The van der Waals surface area contributed by atoms with Crippen LogP contribution in [0.4, 0.5) is 0 Å². The van der Waals surface area contributed by atoms with Crippen molar-refractivity contribution in [2.75, 3.05) is 13.8 Å². The van der Waals surface area contributed by atoms with Gasteiger partial charge in [-0.25, -0.2) is 5.32 Å². The third-order valence-electron chi connectivity index (χ3n) is 1.36. The van der Waals surface area contributed by atoms with Crippen LogP contribution < -0.4 is 5.32 Å². The first-order valence-corrected chi connectivity index (χ1v) is 2.94. The third-order valence-corrected chi connectivity index (χ3v) is 1.36. The summed E-state index contributed by atoms with van der Waals surface area (Å²) < 4.78 is 4.66. The summed E-state index contributed by atoms with van der Waals surface area (Å²) in [6.45, 7) is 0.00875. The molecule has 1 saturated heterocycles. The Morgan fingerprint density at radius 3 is 3.09 bits per heavy atom. The fourth-order valence-electron chi connectivity index (χ4n) is 0.750. The maximum absolute atomic E-state index is 10.3. The fraction of sp³-hybridized carbons (Fsp3) is 0.750. The molecule has 0 spiro atoms. The Bertz CT molecular complexity index is 194. The number of nitrogens with one attached hydrogen (secondary N) is 2. The Labute approximate surface area is 62.6 Å². The minimum absolute atomic E-state index is 0.00875. The number of amidine groups is 1. The van der Waals surface area contributed by atoms with E-state index in [2.05, 4.69) is 10.1 Å². The summed E-state index contributed by atoms with van der Waals surface area (Å²) in [5.41, 5.74) is 0. The zero-order valence-electron chi connectivity index (χ0n) is 5.90. The van der Waals surface area contributed by atoms with Gasteiger partial charge in [0.25, 0.3) is 6.02 Å². The molecule has 7 nitrogen and oxygen atoms in total. The molecule has 0 aromatic rings. The van der Waals surface area contributed by atoms with Crippen LogP contribution in [0.5, 0.6) is 0 Å². The molecule has 1 heterocycles. The van der Waals surface area contributed by atoms with E-state index in [0.29, 0.717) is 0 Å². The van der Waals surface area contributed by atoms with Crippen molar-refractivity contribution in [3.63, 3.8) is 0 Å². The molecule has 0 amide bonds. The maximum atomic E-state index is 10.3. The van der Waals surface area contributed by atoms with Crippen LogP contribution in [-0.2, 0) is 4.74 Å². The lowest BCUT2D eigenvalue weighted by atomic mass is 10.6. The van der Waals surface area contributed by atoms with E-state index in [1.54, 1.807) is 0 Å². The zero-order chi connectivity index (χ0) is 8.43. The summed E-state index contributed by atoms with van der Waals surface area (Å²) >= 11 is 0. The molecule has 0 aromatic carbocycles. The Hall–Kier alpha value is -1.37. The lowest BCUT2D eigenvalue weighted by Gasteiger charge is -2.28. The predicted octanol–water partition coefficient (Wildman–Crippen LogP) is -1.01. The van der Waals surface area contributed by atoms with Gasteiger partial charge in [-0.15, -0.1) is 0 Å².